The summed E-state index contributed by atoms with van der Waals surface area (Å²) in [6, 6.07) is 5.35. The zero-order chi connectivity index (χ0) is 17.7. The predicted molar refractivity (Wildman–Crippen MR) is 91.3 cm³/mol. The fourth-order valence-corrected chi connectivity index (χ4v) is 3.19. The van der Waals surface area contributed by atoms with E-state index in [0.29, 0.717) is 5.56 Å². The Bertz CT molecular complexity index is 847. The van der Waals surface area contributed by atoms with Gasteiger partial charge in [0.25, 0.3) is 11.6 Å². The molecule has 0 aliphatic heterocycles. The van der Waals surface area contributed by atoms with Gasteiger partial charge in [0.1, 0.15) is 5.69 Å². The molecule has 0 aliphatic rings. The van der Waals surface area contributed by atoms with Gasteiger partial charge in [-0.2, -0.15) is 11.3 Å². The van der Waals surface area contributed by atoms with Crippen LogP contribution in [0, 0.1) is 10.1 Å². The maximum atomic E-state index is 11.7. The molecule has 8 nitrogen and oxygen atoms in total. The average Bonchev–Trinajstić information content (AvgIpc) is 3.04. The first kappa shape index (κ1) is 17.9. The lowest BCUT2D eigenvalue weighted by Crippen LogP contribution is -2.28. The molecular weight excluding hydrogens is 354 g/mol. The standard InChI is InChI=1S/C14H15N3O5S2/c1-24(21,22)11-2-3-12(13(8-11)17(19)20)15-5-6-16-14(18)10-4-7-23-9-10/h2-4,7-9,15H,5-6H2,1H3,(H,16,18). The topological polar surface area (TPSA) is 118 Å². The van der Waals surface area contributed by atoms with E-state index in [0.717, 1.165) is 12.3 Å². The van der Waals surface area contributed by atoms with E-state index in [-0.39, 0.29) is 35.3 Å². The molecule has 0 spiro atoms. The highest BCUT2D eigenvalue weighted by Crippen LogP contribution is 2.27. The molecule has 2 aromatic rings. The lowest BCUT2D eigenvalue weighted by atomic mass is 10.2. The molecule has 1 aromatic heterocycles. The summed E-state index contributed by atoms with van der Waals surface area (Å²) in [5.41, 5.74) is 0.419. The number of rotatable bonds is 7. The van der Waals surface area contributed by atoms with Crippen molar-refractivity contribution in [2.24, 2.45) is 0 Å². The summed E-state index contributed by atoms with van der Waals surface area (Å²) in [5.74, 6) is -0.222. The summed E-state index contributed by atoms with van der Waals surface area (Å²) in [4.78, 5) is 22.1. The maximum absolute atomic E-state index is 11.7. The Morgan fingerprint density at radius 1 is 1.29 bits per heavy atom. The summed E-state index contributed by atoms with van der Waals surface area (Å²) >= 11 is 1.41. The summed E-state index contributed by atoms with van der Waals surface area (Å²) < 4.78 is 23.0. The van der Waals surface area contributed by atoms with E-state index < -0.39 is 14.8 Å². The highest BCUT2D eigenvalue weighted by Gasteiger charge is 2.18. The minimum Gasteiger partial charge on any atom is -0.378 e. The Morgan fingerprint density at radius 2 is 2.04 bits per heavy atom. The molecule has 0 saturated heterocycles. The van der Waals surface area contributed by atoms with Crippen LogP contribution in [0.15, 0.2) is 39.9 Å². The Kier molecular flexibility index (Phi) is 5.52. The van der Waals surface area contributed by atoms with Crippen molar-refractivity contribution in [2.75, 3.05) is 24.7 Å². The predicted octanol–water partition coefficient (Wildman–Crippen LogP) is 1.90. The second kappa shape index (κ2) is 7.41. The molecule has 24 heavy (non-hydrogen) atoms. The quantitative estimate of drug-likeness (QED) is 0.437. The molecule has 0 saturated carbocycles. The molecule has 0 aliphatic carbocycles. The van der Waals surface area contributed by atoms with Gasteiger partial charge in [0, 0.05) is 36.4 Å². The van der Waals surface area contributed by atoms with Gasteiger partial charge in [0.15, 0.2) is 9.84 Å². The number of benzene rings is 1. The number of sulfone groups is 1. The molecule has 2 N–H and O–H groups in total. The van der Waals surface area contributed by atoms with Crippen molar-refractivity contribution in [1.82, 2.24) is 5.32 Å². The smallest absolute Gasteiger partial charge is 0.293 e. The van der Waals surface area contributed by atoms with Gasteiger partial charge in [0.05, 0.1) is 9.82 Å². The molecule has 10 heteroatoms. The van der Waals surface area contributed by atoms with Gasteiger partial charge in [0.2, 0.25) is 0 Å². The molecule has 2 rings (SSSR count). The van der Waals surface area contributed by atoms with Crippen LogP contribution >= 0.6 is 11.3 Å². The maximum Gasteiger partial charge on any atom is 0.293 e. The first-order valence-corrected chi connectivity index (χ1v) is 9.65. The number of carbonyl (C=O) groups excluding carboxylic acids is 1. The summed E-state index contributed by atoms with van der Waals surface area (Å²) in [5, 5.41) is 20.1. The Balaban J connectivity index is 1.99. The molecule has 1 aromatic carbocycles. The molecule has 1 heterocycles. The van der Waals surface area contributed by atoms with Crippen molar-refractivity contribution < 1.29 is 18.1 Å². The SMILES string of the molecule is CS(=O)(=O)c1ccc(NCCNC(=O)c2ccsc2)c([N+](=O)[O-])c1. The highest BCUT2D eigenvalue weighted by atomic mass is 32.2. The molecular formula is C14H15N3O5S2. The third-order valence-corrected chi connectivity index (χ3v) is 4.90. The van der Waals surface area contributed by atoms with Gasteiger partial charge in [-0.25, -0.2) is 8.42 Å². The fraction of sp³-hybridized carbons (Fsp3) is 0.214. The molecule has 0 fully saturated rings. The number of thiophene rings is 1. The monoisotopic (exact) mass is 369 g/mol. The van der Waals surface area contributed by atoms with Gasteiger partial charge in [-0.1, -0.05) is 0 Å². The second-order valence-corrected chi connectivity index (χ2v) is 7.70. The van der Waals surface area contributed by atoms with Crippen LogP contribution in [-0.4, -0.2) is 38.6 Å². The van der Waals surface area contributed by atoms with Crippen LogP contribution in [0.3, 0.4) is 0 Å². The number of nitrogens with one attached hydrogen (secondary N) is 2. The number of carbonyl (C=O) groups is 1. The molecule has 1 amide bonds. The van der Waals surface area contributed by atoms with Crippen molar-refractivity contribution in [3.63, 3.8) is 0 Å². The molecule has 0 atom stereocenters. The first-order valence-electron chi connectivity index (χ1n) is 6.82. The summed E-state index contributed by atoms with van der Waals surface area (Å²) in [7, 11) is -3.53. The third-order valence-electron chi connectivity index (χ3n) is 3.10. The largest absolute Gasteiger partial charge is 0.378 e. The van der Waals surface area contributed by atoms with Crippen molar-refractivity contribution in [2.45, 2.75) is 4.90 Å². The van der Waals surface area contributed by atoms with Crippen LogP contribution in [0.1, 0.15) is 10.4 Å². The summed E-state index contributed by atoms with van der Waals surface area (Å²) in [6.07, 6.45) is 0.985. The minimum absolute atomic E-state index is 0.120. The minimum atomic E-state index is -3.53. The lowest BCUT2D eigenvalue weighted by molar-refractivity contribution is -0.384. The van der Waals surface area contributed by atoms with Crippen LogP contribution in [0.25, 0.3) is 0 Å². The normalized spacial score (nSPS) is 11.0. The van der Waals surface area contributed by atoms with Crippen molar-refractivity contribution in [1.29, 1.82) is 0 Å². The van der Waals surface area contributed by atoms with E-state index in [1.165, 1.54) is 23.5 Å². The van der Waals surface area contributed by atoms with Gasteiger partial charge < -0.3 is 10.6 Å². The average molecular weight is 369 g/mol. The number of nitrogens with zero attached hydrogens (tertiary/aromatic N) is 1. The summed E-state index contributed by atoms with van der Waals surface area (Å²) in [6.45, 7) is 0.522. The van der Waals surface area contributed by atoms with Crippen LogP contribution in [0.4, 0.5) is 11.4 Å². The molecule has 0 radical (unpaired) electrons. The number of amides is 1. The van der Waals surface area contributed by atoms with E-state index in [2.05, 4.69) is 10.6 Å². The highest BCUT2D eigenvalue weighted by molar-refractivity contribution is 7.90. The van der Waals surface area contributed by atoms with Gasteiger partial charge in [-0.15, -0.1) is 0 Å². The van der Waals surface area contributed by atoms with Crippen LogP contribution in [0.2, 0.25) is 0 Å². The molecule has 0 unspecified atom stereocenters. The van der Waals surface area contributed by atoms with Gasteiger partial charge in [-0.05, 0) is 23.6 Å². The van der Waals surface area contributed by atoms with Crippen molar-refractivity contribution in [3.8, 4) is 0 Å². The van der Waals surface area contributed by atoms with Crippen LogP contribution in [-0.2, 0) is 9.84 Å². The number of hydrogen-bond donors (Lipinski definition) is 2. The van der Waals surface area contributed by atoms with Crippen molar-refractivity contribution in [3.05, 3.63) is 50.7 Å². The van der Waals surface area contributed by atoms with Crippen molar-refractivity contribution >= 4 is 38.5 Å². The Morgan fingerprint density at radius 3 is 2.62 bits per heavy atom. The van der Waals surface area contributed by atoms with Crippen LogP contribution < -0.4 is 10.6 Å². The second-order valence-electron chi connectivity index (χ2n) is 4.90. The van der Waals surface area contributed by atoms with Gasteiger partial charge in [-0.3, -0.25) is 14.9 Å². The lowest BCUT2D eigenvalue weighted by Gasteiger charge is -2.09. The number of nitro benzene ring substituents is 1. The van der Waals surface area contributed by atoms with E-state index >= 15 is 0 Å². The zero-order valence-electron chi connectivity index (χ0n) is 12.7. The van der Waals surface area contributed by atoms with E-state index in [1.54, 1.807) is 16.8 Å². The zero-order valence-corrected chi connectivity index (χ0v) is 14.3. The van der Waals surface area contributed by atoms with E-state index in [1.807, 2.05) is 0 Å². The Hall–Kier alpha value is -2.46. The third kappa shape index (κ3) is 4.52. The number of anilines is 1. The van der Waals surface area contributed by atoms with E-state index in [9.17, 15) is 23.3 Å². The molecule has 0 bridgehead atoms. The van der Waals surface area contributed by atoms with E-state index in [4.69, 9.17) is 0 Å². The first-order chi connectivity index (χ1) is 11.3. The number of nitro groups is 1. The Labute approximate surface area is 142 Å². The molecule has 128 valence electrons. The van der Waals surface area contributed by atoms with Gasteiger partial charge >= 0.3 is 0 Å². The fourth-order valence-electron chi connectivity index (χ4n) is 1.91. The van der Waals surface area contributed by atoms with Crippen LogP contribution in [0.5, 0.6) is 0 Å². The number of hydrogen-bond acceptors (Lipinski definition) is 7.